The summed E-state index contributed by atoms with van der Waals surface area (Å²) >= 11 is 0. The smallest absolute Gasteiger partial charge is 0.0648 e. The van der Waals surface area contributed by atoms with Gasteiger partial charge in [-0.3, -0.25) is 4.90 Å². The van der Waals surface area contributed by atoms with E-state index >= 15 is 0 Å². The fourth-order valence-corrected chi connectivity index (χ4v) is 3.14. The first kappa shape index (κ1) is 20.5. The van der Waals surface area contributed by atoms with E-state index in [0.29, 0.717) is 5.92 Å². The van der Waals surface area contributed by atoms with Crippen LogP contribution in [0.15, 0.2) is 55.3 Å². The van der Waals surface area contributed by atoms with Crippen molar-refractivity contribution in [1.82, 2.24) is 9.47 Å². The Morgan fingerprint density at radius 3 is 2.58 bits per heavy atom. The average Bonchev–Trinajstić information content (AvgIpc) is 3.06. The number of aliphatic hydroxyl groups is 1. The van der Waals surface area contributed by atoms with Crippen LogP contribution in [-0.4, -0.2) is 33.3 Å². The Bertz CT molecular complexity index is 704. The van der Waals surface area contributed by atoms with Crippen LogP contribution in [0.1, 0.15) is 44.0 Å². The number of aliphatic hydroxyl groups excluding tert-OH is 1. The molecule has 1 aromatic heterocycles. The third kappa shape index (κ3) is 5.09. The van der Waals surface area contributed by atoms with Crippen molar-refractivity contribution >= 4 is 0 Å². The molecular weight excluding hydrogens is 320 g/mol. The number of aromatic nitrogens is 1. The summed E-state index contributed by atoms with van der Waals surface area (Å²) in [5.74, 6) is 0.629. The second kappa shape index (κ2) is 9.20. The van der Waals surface area contributed by atoms with Crippen molar-refractivity contribution in [2.75, 3.05) is 13.2 Å². The van der Waals surface area contributed by atoms with Crippen LogP contribution >= 0.6 is 0 Å². The second-order valence-corrected chi connectivity index (χ2v) is 7.88. The molecule has 3 heteroatoms. The molecule has 0 bridgehead atoms. The highest BCUT2D eigenvalue weighted by molar-refractivity contribution is 5.26. The lowest BCUT2D eigenvalue weighted by Crippen LogP contribution is -2.48. The molecule has 1 atom stereocenters. The Kier molecular flexibility index (Phi) is 7.24. The summed E-state index contributed by atoms with van der Waals surface area (Å²) in [6.07, 6.45) is 5.12. The zero-order chi connectivity index (χ0) is 19.2. The van der Waals surface area contributed by atoms with Gasteiger partial charge in [0.15, 0.2) is 0 Å². The molecule has 0 aliphatic rings. The topological polar surface area (TPSA) is 28.4 Å². The molecule has 0 saturated heterocycles. The predicted octanol–water partition coefficient (Wildman–Crippen LogP) is 4.63. The fraction of sp³-hybridized carbons (Fsp3) is 0.478. The summed E-state index contributed by atoms with van der Waals surface area (Å²) in [5.41, 5.74) is 3.51. The minimum Gasteiger partial charge on any atom is -0.394 e. The van der Waals surface area contributed by atoms with Gasteiger partial charge in [0.05, 0.1) is 12.1 Å². The highest BCUT2D eigenvalue weighted by Crippen LogP contribution is 2.22. The maximum atomic E-state index is 9.97. The van der Waals surface area contributed by atoms with E-state index in [4.69, 9.17) is 0 Å². The fourth-order valence-electron chi connectivity index (χ4n) is 3.14. The van der Waals surface area contributed by atoms with Gasteiger partial charge < -0.3 is 9.67 Å². The maximum Gasteiger partial charge on any atom is 0.0648 e. The third-order valence-corrected chi connectivity index (χ3v) is 5.34. The first-order valence-corrected chi connectivity index (χ1v) is 9.57. The molecule has 0 aliphatic carbocycles. The number of rotatable bonds is 10. The van der Waals surface area contributed by atoms with Crippen LogP contribution < -0.4 is 0 Å². The van der Waals surface area contributed by atoms with Gasteiger partial charge in [-0.1, -0.05) is 44.2 Å². The molecule has 0 spiro atoms. The normalized spacial score (nSPS) is 14.0. The van der Waals surface area contributed by atoms with Crippen LogP contribution in [-0.2, 0) is 13.1 Å². The van der Waals surface area contributed by atoms with Gasteiger partial charge in [-0.05, 0) is 56.0 Å². The molecule has 2 aromatic rings. The lowest BCUT2D eigenvalue weighted by molar-refractivity contribution is 0.0667. The molecule has 0 radical (unpaired) electrons. The summed E-state index contributed by atoms with van der Waals surface area (Å²) in [5, 5.41) is 9.97. The predicted molar refractivity (Wildman–Crippen MR) is 110 cm³/mol. The van der Waals surface area contributed by atoms with E-state index in [2.05, 4.69) is 86.3 Å². The molecule has 1 N–H and O–H groups in total. The minimum absolute atomic E-state index is 0.0765. The third-order valence-electron chi connectivity index (χ3n) is 5.34. The maximum absolute atomic E-state index is 9.97. The van der Waals surface area contributed by atoms with Crippen molar-refractivity contribution in [3.05, 3.63) is 72.1 Å². The van der Waals surface area contributed by atoms with Crippen LogP contribution in [0.25, 0.3) is 0 Å². The average molecular weight is 355 g/mol. The standard InChI is InChI=1S/C23H34N2O/c1-6-23(5,18-26)25(15-13-19(2)3)17-22-12-9-14-24(22)16-21-11-8-7-10-20(21)4/h6-12,14,19,26H,1,13,15-18H2,2-5H3. The quantitative estimate of drug-likeness (QED) is 0.630. The Morgan fingerprint density at radius 2 is 1.96 bits per heavy atom. The van der Waals surface area contributed by atoms with Crippen LogP contribution in [0.5, 0.6) is 0 Å². The van der Waals surface area contributed by atoms with Crippen molar-refractivity contribution in [2.45, 2.75) is 52.7 Å². The Labute approximate surface area is 159 Å². The monoisotopic (exact) mass is 354 g/mol. The lowest BCUT2D eigenvalue weighted by Gasteiger charge is -2.38. The van der Waals surface area contributed by atoms with Crippen LogP contribution in [0.3, 0.4) is 0 Å². The molecule has 0 saturated carbocycles. The second-order valence-electron chi connectivity index (χ2n) is 7.88. The molecule has 0 fully saturated rings. The SMILES string of the molecule is C=CC(C)(CO)N(CCC(C)C)Cc1cccn1Cc1ccccc1C. The molecule has 142 valence electrons. The number of hydrogen-bond acceptors (Lipinski definition) is 2. The van der Waals surface area contributed by atoms with Gasteiger partial charge in [0, 0.05) is 25.0 Å². The molecule has 0 aliphatic heterocycles. The van der Waals surface area contributed by atoms with Gasteiger partial charge >= 0.3 is 0 Å². The molecule has 0 amide bonds. The van der Waals surface area contributed by atoms with Crippen molar-refractivity contribution in [3.63, 3.8) is 0 Å². The first-order valence-electron chi connectivity index (χ1n) is 9.57. The van der Waals surface area contributed by atoms with Crippen molar-refractivity contribution in [1.29, 1.82) is 0 Å². The largest absolute Gasteiger partial charge is 0.394 e. The minimum atomic E-state index is -0.410. The van der Waals surface area contributed by atoms with Crippen molar-refractivity contribution < 1.29 is 5.11 Å². The summed E-state index contributed by atoms with van der Waals surface area (Å²) < 4.78 is 2.31. The molecular formula is C23H34N2O. The summed E-state index contributed by atoms with van der Waals surface area (Å²) in [4.78, 5) is 2.35. The van der Waals surface area contributed by atoms with Crippen LogP contribution in [0.2, 0.25) is 0 Å². The lowest BCUT2D eigenvalue weighted by atomic mass is 9.99. The van der Waals surface area contributed by atoms with Gasteiger partial charge in [-0.2, -0.15) is 0 Å². The van der Waals surface area contributed by atoms with E-state index in [0.717, 1.165) is 26.1 Å². The number of aryl methyl sites for hydroxylation is 1. The Balaban J connectivity index is 2.22. The van der Waals surface area contributed by atoms with Crippen molar-refractivity contribution in [2.24, 2.45) is 5.92 Å². The van der Waals surface area contributed by atoms with E-state index in [9.17, 15) is 5.11 Å². The van der Waals surface area contributed by atoms with Gasteiger partial charge in [0.25, 0.3) is 0 Å². The Morgan fingerprint density at radius 1 is 1.23 bits per heavy atom. The zero-order valence-electron chi connectivity index (χ0n) is 16.8. The zero-order valence-corrected chi connectivity index (χ0v) is 16.8. The molecule has 1 unspecified atom stereocenters. The number of hydrogen-bond donors (Lipinski definition) is 1. The molecule has 2 rings (SSSR count). The van der Waals surface area contributed by atoms with E-state index in [1.54, 1.807) is 0 Å². The van der Waals surface area contributed by atoms with Crippen LogP contribution in [0.4, 0.5) is 0 Å². The summed E-state index contributed by atoms with van der Waals surface area (Å²) in [6.45, 7) is 15.4. The molecule has 1 heterocycles. The van der Waals surface area contributed by atoms with Gasteiger partial charge in [-0.15, -0.1) is 6.58 Å². The highest BCUT2D eigenvalue weighted by Gasteiger charge is 2.28. The summed E-state index contributed by atoms with van der Waals surface area (Å²) in [7, 11) is 0. The number of nitrogens with zero attached hydrogens (tertiary/aromatic N) is 2. The Hall–Kier alpha value is -1.84. The first-order chi connectivity index (χ1) is 12.4. The van der Waals surface area contributed by atoms with Gasteiger partial charge in [0.2, 0.25) is 0 Å². The van der Waals surface area contributed by atoms with E-state index in [-0.39, 0.29) is 6.61 Å². The van der Waals surface area contributed by atoms with E-state index in [1.807, 2.05) is 6.08 Å². The van der Waals surface area contributed by atoms with E-state index in [1.165, 1.54) is 16.8 Å². The van der Waals surface area contributed by atoms with E-state index < -0.39 is 5.54 Å². The summed E-state index contributed by atoms with van der Waals surface area (Å²) in [6, 6.07) is 12.8. The molecule has 26 heavy (non-hydrogen) atoms. The molecule has 1 aromatic carbocycles. The molecule has 3 nitrogen and oxygen atoms in total. The van der Waals surface area contributed by atoms with Crippen LogP contribution in [0, 0.1) is 12.8 Å². The van der Waals surface area contributed by atoms with Gasteiger partial charge in [0.1, 0.15) is 0 Å². The van der Waals surface area contributed by atoms with Crippen molar-refractivity contribution in [3.8, 4) is 0 Å². The number of benzene rings is 1. The highest BCUT2D eigenvalue weighted by atomic mass is 16.3. The van der Waals surface area contributed by atoms with Gasteiger partial charge in [-0.25, -0.2) is 0 Å².